The zero-order valence-electron chi connectivity index (χ0n) is 6.68. The molecule has 0 saturated heterocycles. The fourth-order valence-corrected chi connectivity index (χ4v) is 0.633. The Hall–Kier alpha value is -0.860. The lowest BCUT2D eigenvalue weighted by Gasteiger charge is -1.96. The average molecular weight is 143 g/mol. The van der Waals surface area contributed by atoms with Crippen LogP contribution in [0.2, 0.25) is 0 Å². The van der Waals surface area contributed by atoms with Gasteiger partial charge in [-0.1, -0.05) is 18.5 Å². The van der Waals surface area contributed by atoms with Gasteiger partial charge in [0.2, 0.25) is 0 Å². The number of hydrogen-bond donors (Lipinski definition) is 0. The van der Waals surface area contributed by atoms with Gasteiger partial charge >= 0.3 is 0 Å². The summed E-state index contributed by atoms with van der Waals surface area (Å²) in [6.45, 7) is 3.49. The lowest BCUT2D eigenvalue weighted by atomic mass is 10.2. The predicted molar refractivity (Wildman–Crippen MR) is 40.0 cm³/mol. The summed E-state index contributed by atoms with van der Waals surface area (Å²) in [6.07, 6.45) is 1.62. The van der Waals surface area contributed by atoms with Crippen LogP contribution in [0.25, 0.3) is 0 Å². The summed E-state index contributed by atoms with van der Waals surface area (Å²) in [7, 11) is 1.44. The van der Waals surface area contributed by atoms with E-state index < -0.39 is 0 Å². The molecule has 0 aliphatic rings. The van der Waals surface area contributed by atoms with E-state index in [1.165, 1.54) is 14.0 Å². The molecule has 0 spiro atoms. The summed E-state index contributed by atoms with van der Waals surface area (Å²) < 4.78 is 0. The van der Waals surface area contributed by atoms with Crippen LogP contribution in [0.3, 0.4) is 0 Å². The van der Waals surface area contributed by atoms with E-state index >= 15 is 0 Å². The third-order valence-electron chi connectivity index (χ3n) is 1.09. The van der Waals surface area contributed by atoms with Crippen molar-refractivity contribution in [2.75, 3.05) is 7.11 Å². The summed E-state index contributed by atoms with van der Waals surface area (Å²) >= 11 is 0. The largest absolute Gasteiger partial charge is 0.399 e. The molecule has 0 aliphatic heterocycles. The maximum absolute atomic E-state index is 10.7. The number of carbonyl (C=O) groups excluding carboxylic acids is 1. The molecule has 0 bridgehead atoms. The summed E-state index contributed by atoms with van der Waals surface area (Å²) in [5.74, 6) is -0.0105. The highest BCUT2D eigenvalue weighted by Crippen LogP contribution is 1.93. The first kappa shape index (κ1) is 9.14. The smallest absolute Gasteiger partial charge is 0.177 e. The Balaban J connectivity index is 3.98. The lowest BCUT2D eigenvalue weighted by molar-refractivity contribution is -0.111. The molecule has 10 heavy (non-hydrogen) atoms. The minimum atomic E-state index is -0.0105. The van der Waals surface area contributed by atoms with Crippen molar-refractivity contribution in [1.82, 2.24) is 0 Å². The van der Waals surface area contributed by atoms with Crippen molar-refractivity contribution in [3.05, 3.63) is 0 Å². The molecule has 0 aromatic rings. The van der Waals surface area contributed by atoms with E-state index in [0.29, 0.717) is 12.1 Å². The van der Waals surface area contributed by atoms with Crippen molar-refractivity contribution in [3.8, 4) is 0 Å². The van der Waals surface area contributed by atoms with Crippen LogP contribution in [0.5, 0.6) is 0 Å². The number of ketones is 1. The molecular weight excluding hydrogens is 130 g/mol. The van der Waals surface area contributed by atoms with Crippen molar-refractivity contribution < 1.29 is 9.63 Å². The Morgan fingerprint density at radius 3 is 2.50 bits per heavy atom. The highest BCUT2D eigenvalue weighted by molar-refractivity contribution is 6.38. The highest BCUT2D eigenvalue weighted by atomic mass is 16.6. The highest BCUT2D eigenvalue weighted by Gasteiger charge is 2.03. The van der Waals surface area contributed by atoms with Crippen LogP contribution in [0.1, 0.15) is 26.7 Å². The van der Waals surface area contributed by atoms with Gasteiger partial charge < -0.3 is 4.84 Å². The molecule has 0 aliphatic carbocycles. The van der Waals surface area contributed by atoms with E-state index in [9.17, 15) is 4.79 Å². The molecule has 0 fully saturated rings. The molecule has 3 nitrogen and oxygen atoms in total. The van der Waals surface area contributed by atoms with Gasteiger partial charge in [0.25, 0.3) is 0 Å². The first-order valence-electron chi connectivity index (χ1n) is 3.33. The van der Waals surface area contributed by atoms with E-state index in [0.717, 1.165) is 6.42 Å². The quantitative estimate of drug-likeness (QED) is 0.440. The SMILES string of the molecule is CCCC(=NOC)C(C)=O. The fourth-order valence-electron chi connectivity index (χ4n) is 0.633. The van der Waals surface area contributed by atoms with Crippen LogP contribution in [0.4, 0.5) is 0 Å². The van der Waals surface area contributed by atoms with Gasteiger partial charge in [0.15, 0.2) is 5.78 Å². The molecule has 0 atom stereocenters. The van der Waals surface area contributed by atoms with Crippen molar-refractivity contribution in [2.45, 2.75) is 26.7 Å². The van der Waals surface area contributed by atoms with Crippen LogP contribution in [0.15, 0.2) is 5.16 Å². The monoisotopic (exact) mass is 143 g/mol. The van der Waals surface area contributed by atoms with Gasteiger partial charge in [0, 0.05) is 6.92 Å². The molecule has 58 valence electrons. The van der Waals surface area contributed by atoms with Gasteiger partial charge in [-0.25, -0.2) is 0 Å². The van der Waals surface area contributed by atoms with Gasteiger partial charge in [0.05, 0.1) is 0 Å². The number of rotatable bonds is 4. The molecule has 3 heteroatoms. The Kier molecular flexibility index (Phi) is 4.54. The Morgan fingerprint density at radius 2 is 2.20 bits per heavy atom. The molecule has 0 saturated carbocycles. The van der Waals surface area contributed by atoms with Gasteiger partial charge in [-0.2, -0.15) is 0 Å². The Labute approximate surface area is 61.1 Å². The second-order valence-corrected chi connectivity index (χ2v) is 2.03. The van der Waals surface area contributed by atoms with E-state index in [1.807, 2.05) is 6.92 Å². The minimum absolute atomic E-state index is 0.0105. The Bertz CT molecular complexity index is 141. The van der Waals surface area contributed by atoms with Gasteiger partial charge in [-0.15, -0.1) is 0 Å². The van der Waals surface area contributed by atoms with E-state index in [4.69, 9.17) is 0 Å². The van der Waals surface area contributed by atoms with E-state index in [1.54, 1.807) is 0 Å². The lowest BCUT2D eigenvalue weighted by Crippen LogP contribution is -2.09. The second-order valence-electron chi connectivity index (χ2n) is 2.03. The third-order valence-corrected chi connectivity index (χ3v) is 1.09. The van der Waals surface area contributed by atoms with Gasteiger partial charge in [0.1, 0.15) is 12.8 Å². The zero-order chi connectivity index (χ0) is 7.98. The van der Waals surface area contributed by atoms with Gasteiger partial charge in [-0.05, 0) is 6.42 Å². The van der Waals surface area contributed by atoms with Crippen molar-refractivity contribution in [2.24, 2.45) is 5.16 Å². The molecule has 0 unspecified atom stereocenters. The second kappa shape index (κ2) is 4.97. The normalized spacial score (nSPS) is 11.3. The minimum Gasteiger partial charge on any atom is -0.399 e. The molecule has 0 heterocycles. The maximum atomic E-state index is 10.7. The predicted octanol–water partition coefficient (Wildman–Crippen LogP) is 1.38. The van der Waals surface area contributed by atoms with Gasteiger partial charge in [-0.3, -0.25) is 4.79 Å². The summed E-state index contributed by atoms with van der Waals surface area (Å²) in [5, 5.41) is 3.58. The standard InChI is InChI=1S/C7H13NO2/c1-4-5-7(6(2)9)8-10-3/h4-5H2,1-3H3. The summed E-state index contributed by atoms with van der Waals surface area (Å²) in [4.78, 5) is 15.2. The van der Waals surface area contributed by atoms with Crippen LogP contribution in [-0.2, 0) is 9.63 Å². The number of nitrogens with zero attached hydrogens (tertiary/aromatic N) is 1. The van der Waals surface area contributed by atoms with Crippen molar-refractivity contribution >= 4 is 11.5 Å². The van der Waals surface area contributed by atoms with Crippen LogP contribution >= 0.6 is 0 Å². The molecule has 0 aromatic heterocycles. The Morgan fingerprint density at radius 1 is 1.60 bits per heavy atom. The molecule has 0 aromatic carbocycles. The van der Waals surface area contributed by atoms with E-state index in [2.05, 4.69) is 9.99 Å². The molecule has 0 radical (unpaired) electrons. The average Bonchev–Trinajstić information content (AvgIpc) is 1.87. The maximum Gasteiger partial charge on any atom is 0.177 e. The first-order valence-corrected chi connectivity index (χ1v) is 3.33. The van der Waals surface area contributed by atoms with Crippen LogP contribution < -0.4 is 0 Å². The number of oxime groups is 1. The van der Waals surface area contributed by atoms with Crippen LogP contribution in [0, 0.1) is 0 Å². The van der Waals surface area contributed by atoms with Crippen molar-refractivity contribution in [1.29, 1.82) is 0 Å². The fraction of sp³-hybridized carbons (Fsp3) is 0.714. The zero-order valence-corrected chi connectivity index (χ0v) is 6.68. The first-order chi connectivity index (χ1) is 4.72. The van der Waals surface area contributed by atoms with Crippen molar-refractivity contribution in [3.63, 3.8) is 0 Å². The molecule has 0 amide bonds. The number of Topliss-reactive ketones (excluding diaryl/α,β-unsaturated/α-hetero) is 1. The van der Waals surface area contributed by atoms with E-state index in [-0.39, 0.29) is 5.78 Å². The molecule has 0 N–H and O–H groups in total. The number of hydrogen-bond acceptors (Lipinski definition) is 3. The molecule has 0 rings (SSSR count). The molecular formula is C7H13NO2. The summed E-state index contributed by atoms with van der Waals surface area (Å²) in [5.41, 5.74) is 0.519. The third kappa shape index (κ3) is 3.22. The topological polar surface area (TPSA) is 38.7 Å². The summed E-state index contributed by atoms with van der Waals surface area (Å²) in [6, 6.07) is 0. The van der Waals surface area contributed by atoms with Crippen LogP contribution in [-0.4, -0.2) is 18.6 Å². The number of carbonyl (C=O) groups is 1.